The van der Waals surface area contributed by atoms with Gasteiger partial charge in [0.1, 0.15) is 17.3 Å². The zero-order valence-corrected chi connectivity index (χ0v) is 17.2. The zero-order chi connectivity index (χ0) is 21.0. The zero-order valence-electron chi connectivity index (χ0n) is 17.2. The Balaban J connectivity index is 1.43. The topological polar surface area (TPSA) is 73.9 Å². The van der Waals surface area contributed by atoms with Crippen LogP contribution in [0, 0.1) is 11.3 Å². The lowest BCUT2D eigenvalue weighted by Crippen LogP contribution is -2.45. The number of nitrogens with one attached hydrogen (secondary N) is 2. The molecule has 1 aliphatic heterocycles. The Hall–Kier alpha value is -3.46. The number of piperidine rings is 1. The van der Waals surface area contributed by atoms with Gasteiger partial charge in [0, 0.05) is 35.8 Å². The van der Waals surface area contributed by atoms with Crippen LogP contribution in [-0.2, 0) is 6.54 Å². The van der Waals surface area contributed by atoms with E-state index in [0.717, 1.165) is 47.0 Å². The molecule has 4 aromatic rings. The van der Waals surface area contributed by atoms with Gasteiger partial charge in [0.15, 0.2) is 0 Å². The first-order chi connectivity index (χ1) is 15.3. The SMILES string of the molecule is N#Cc1cc(-c2cc(CN[C@H]3CCCN[C@H]3c3ccccc3)c3occc3c2)ccn1. The fourth-order valence-electron chi connectivity index (χ4n) is 4.49. The summed E-state index contributed by atoms with van der Waals surface area (Å²) in [6.45, 7) is 1.75. The summed E-state index contributed by atoms with van der Waals surface area (Å²) in [6, 6.07) is 23.4. The van der Waals surface area contributed by atoms with Crippen molar-refractivity contribution in [3.63, 3.8) is 0 Å². The van der Waals surface area contributed by atoms with E-state index in [-0.39, 0.29) is 0 Å². The van der Waals surface area contributed by atoms with Gasteiger partial charge in [-0.15, -0.1) is 0 Å². The van der Waals surface area contributed by atoms with Gasteiger partial charge in [0.05, 0.1) is 6.26 Å². The summed E-state index contributed by atoms with van der Waals surface area (Å²) in [5, 5.41) is 17.7. The van der Waals surface area contributed by atoms with Crippen LogP contribution in [0.4, 0.5) is 0 Å². The van der Waals surface area contributed by atoms with Gasteiger partial charge in [-0.05, 0) is 66.4 Å². The molecule has 2 aromatic heterocycles. The third kappa shape index (κ3) is 4.09. The van der Waals surface area contributed by atoms with Crippen molar-refractivity contribution in [3.8, 4) is 17.2 Å². The van der Waals surface area contributed by atoms with Crippen molar-refractivity contribution in [2.24, 2.45) is 0 Å². The van der Waals surface area contributed by atoms with Gasteiger partial charge < -0.3 is 15.1 Å². The Bertz CT molecular complexity index is 1230. The Morgan fingerprint density at radius 2 is 2.00 bits per heavy atom. The second-order valence-corrected chi connectivity index (χ2v) is 7.99. The molecule has 154 valence electrons. The van der Waals surface area contributed by atoms with Crippen molar-refractivity contribution in [2.75, 3.05) is 6.54 Å². The average molecular weight is 409 g/mol. The first-order valence-electron chi connectivity index (χ1n) is 10.7. The molecule has 0 unspecified atom stereocenters. The van der Waals surface area contributed by atoms with E-state index in [2.05, 4.69) is 64.2 Å². The second-order valence-electron chi connectivity index (χ2n) is 7.99. The molecular weight excluding hydrogens is 384 g/mol. The summed E-state index contributed by atoms with van der Waals surface area (Å²) in [5.41, 5.74) is 5.81. The van der Waals surface area contributed by atoms with Gasteiger partial charge >= 0.3 is 0 Å². The predicted molar refractivity (Wildman–Crippen MR) is 121 cm³/mol. The monoisotopic (exact) mass is 408 g/mol. The molecule has 2 atom stereocenters. The molecule has 0 radical (unpaired) electrons. The number of fused-ring (bicyclic) bond motifs is 1. The summed E-state index contributed by atoms with van der Waals surface area (Å²) in [7, 11) is 0. The molecule has 5 rings (SSSR count). The number of benzene rings is 2. The average Bonchev–Trinajstić information content (AvgIpc) is 3.32. The Morgan fingerprint density at radius 3 is 2.87 bits per heavy atom. The third-order valence-corrected chi connectivity index (χ3v) is 6.01. The lowest BCUT2D eigenvalue weighted by Gasteiger charge is -2.34. The summed E-state index contributed by atoms with van der Waals surface area (Å²) in [4.78, 5) is 4.09. The van der Waals surface area contributed by atoms with Crippen molar-refractivity contribution in [3.05, 3.63) is 89.9 Å². The van der Waals surface area contributed by atoms with Crippen LogP contribution in [0.25, 0.3) is 22.1 Å². The number of furan rings is 1. The molecule has 1 fully saturated rings. The molecule has 0 bridgehead atoms. The first kappa shape index (κ1) is 19.5. The van der Waals surface area contributed by atoms with Crippen LogP contribution in [0.15, 0.2) is 77.5 Å². The van der Waals surface area contributed by atoms with Crippen molar-refractivity contribution >= 4 is 11.0 Å². The Morgan fingerprint density at radius 1 is 1.10 bits per heavy atom. The minimum atomic E-state index is 0.295. The van der Waals surface area contributed by atoms with Crippen LogP contribution >= 0.6 is 0 Å². The number of hydrogen-bond donors (Lipinski definition) is 2. The highest BCUT2D eigenvalue weighted by Crippen LogP contribution is 2.30. The minimum Gasteiger partial charge on any atom is -0.464 e. The van der Waals surface area contributed by atoms with Gasteiger partial charge in [0.25, 0.3) is 0 Å². The van der Waals surface area contributed by atoms with Crippen molar-refractivity contribution in [2.45, 2.75) is 31.5 Å². The van der Waals surface area contributed by atoms with Gasteiger partial charge in [-0.25, -0.2) is 4.98 Å². The quantitative estimate of drug-likeness (QED) is 0.489. The van der Waals surface area contributed by atoms with Crippen LogP contribution in [-0.4, -0.2) is 17.6 Å². The number of nitriles is 1. The third-order valence-electron chi connectivity index (χ3n) is 6.01. The number of rotatable bonds is 5. The molecule has 0 saturated carbocycles. The highest BCUT2D eigenvalue weighted by atomic mass is 16.3. The maximum atomic E-state index is 9.21. The lowest BCUT2D eigenvalue weighted by molar-refractivity contribution is 0.304. The molecule has 1 aliphatic rings. The standard InChI is InChI=1S/C26H24N4O/c27-16-23-15-19(8-11-28-23)21-13-20-9-12-31-26(20)22(14-21)17-30-24-7-4-10-29-25(24)18-5-2-1-3-6-18/h1-3,5-6,8-9,11-15,24-25,29-30H,4,7,10,17H2/t24-,25-/m0/s1. The van der Waals surface area contributed by atoms with Crippen LogP contribution in [0.3, 0.4) is 0 Å². The van der Waals surface area contributed by atoms with Crippen molar-refractivity contribution in [1.82, 2.24) is 15.6 Å². The van der Waals surface area contributed by atoms with Gasteiger partial charge in [-0.1, -0.05) is 30.3 Å². The summed E-state index contributed by atoms with van der Waals surface area (Å²) < 4.78 is 5.82. The van der Waals surface area contributed by atoms with E-state index < -0.39 is 0 Å². The van der Waals surface area contributed by atoms with Crippen molar-refractivity contribution < 1.29 is 4.42 Å². The lowest BCUT2D eigenvalue weighted by atomic mass is 9.92. The van der Waals surface area contributed by atoms with E-state index >= 15 is 0 Å². The van der Waals surface area contributed by atoms with Crippen LogP contribution in [0.5, 0.6) is 0 Å². The molecule has 5 nitrogen and oxygen atoms in total. The number of hydrogen-bond acceptors (Lipinski definition) is 5. The molecule has 0 amide bonds. The van der Waals surface area contributed by atoms with Crippen LogP contribution in [0.1, 0.15) is 35.7 Å². The van der Waals surface area contributed by atoms with E-state index in [0.29, 0.717) is 24.3 Å². The van der Waals surface area contributed by atoms with E-state index in [1.165, 1.54) is 5.56 Å². The van der Waals surface area contributed by atoms with E-state index in [4.69, 9.17) is 4.42 Å². The minimum absolute atomic E-state index is 0.295. The maximum Gasteiger partial charge on any atom is 0.141 e. The smallest absolute Gasteiger partial charge is 0.141 e. The van der Waals surface area contributed by atoms with Gasteiger partial charge in [0.2, 0.25) is 0 Å². The largest absolute Gasteiger partial charge is 0.464 e. The Kier molecular flexibility index (Phi) is 5.49. The number of aromatic nitrogens is 1. The molecule has 31 heavy (non-hydrogen) atoms. The van der Waals surface area contributed by atoms with Crippen LogP contribution in [0.2, 0.25) is 0 Å². The van der Waals surface area contributed by atoms with E-state index in [9.17, 15) is 5.26 Å². The Labute approximate surface area is 181 Å². The highest BCUT2D eigenvalue weighted by molar-refractivity contribution is 5.86. The number of nitrogens with zero attached hydrogens (tertiary/aromatic N) is 2. The molecular formula is C26H24N4O. The van der Waals surface area contributed by atoms with Gasteiger partial charge in [-0.2, -0.15) is 5.26 Å². The van der Waals surface area contributed by atoms with E-state index in [1.807, 2.05) is 18.2 Å². The predicted octanol–water partition coefficient (Wildman–Crippen LogP) is 4.95. The number of pyridine rings is 1. The summed E-state index contributed by atoms with van der Waals surface area (Å²) in [6.07, 6.45) is 5.71. The first-order valence-corrected chi connectivity index (χ1v) is 10.7. The summed E-state index contributed by atoms with van der Waals surface area (Å²) >= 11 is 0. The van der Waals surface area contributed by atoms with Crippen molar-refractivity contribution in [1.29, 1.82) is 5.26 Å². The molecule has 5 heteroatoms. The molecule has 3 heterocycles. The fraction of sp³-hybridized carbons (Fsp3) is 0.231. The molecule has 0 aliphatic carbocycles. The van der Waals surface area contributed by atoms with Gasteiger partial charge in [-0.3, -0.25) is 0 Å². The fourth-order valence-corrected chi connectivity index (χ4v) is 4.49. The highest BCUT2D eigenvalue weighted by Gasteiger charge is 2.25. The van der Waals surface area contributed by atoms with E-state index in [1.54, 1.807) is 12.5 Å². The summed E-state index contributed by atoms with van der Waals surface area (Å²) in [5.74, 6) is 0. The molecule has 1 saturated heterocycles. The normalized spacial score (nSPS) is 18.7. The second kappa shape index (κ2) is 8.73. The maximum absolute atomic E-state index is 9.21. The van der Waals surface area contributed by atoms with Crippen LogP contribution < -0.4 is 10.6 Å². The molecule has 0 spiro atoms. The molecule has 2 N–H and O–H groups in total. The molecule has 2 aromatic carbocycles.